The summed E-state index contributed by atoms with van der Waals surface area (Å²) in [7, 11) is 0. The molecule has 0 saturated carbocycles. The molecule has 3 fully saturated rings. The van der Waals surface area contributed by atoms with E-state index in [1.807, 2.05) is 4.90 Å². The summed E-state index contributed by atoms with van der Waals surface area (Å²) in [5.74, 6) is -0.439. The monoisotopic (exact) mass is 360 g/mol. The van der Waals surface area contributed by atoms with Crippen molar-refractivity contribution in [2.75, 3.05) is 39.4 Å². The molecule has 3 saturated heterocycles. The maximum Gasteiger partial charge on any atom is 0.253 e. The van der Waals surface area contributed by atoms with E-state index >= 15 is 0 Å². The summed E-state index contributed by atoms with van der Waals surface area (Å²) in [4.78, 5) is 29.8. The normalized spacial score (nSPS) is 25.0. The molecular weight excluding hydrogens is 335 g/mol. The molecule has 0 bridgehead atoms. The first-order valence-corrected chi connectivity index (χ1v) is 9.50. The Morgan fingerprint density at radius 1 is 1.04 bits per heavy atom. The third kappa shape index (κ3) is 3.11. The summed E-state index contributed by atoms with van der Waals surface area (Å²) < 4.78 is 18.7. The van der Waals surface area contributed by atoms with Gasteiger partial charge in [-0.05, 0) is 49.9 Å². The largest absolute Gasteiger partial charge is 0.381 e. The fraction of sp³-hybridized carbons (Fsp3) is 0.600. The maximum atomic E-state index is 13.2. The molecule has 3 heterocycles. The molecular formula is C20H25FN2O3. The van der Waals surface area contributed by atoms with Gasteiger partial charge in [-0.25, -0.2) is 4.39 Å². The molecule has 0 radical (unpaired) electrons. The molecule has 3 aliphatic heterocycles. The van der Waals surface area contributed by atoms with E-state index in [2.05, 4.69) is 0 Å². The quantitative estimate of drug-likeness (QED) is 0.813. The summed E-state index contributed by atoms with van der Waals surface area (Å²) in [5, 5.41) is 0. The number of ether oxygens (including phenoxy) is 1. The Morgan fingerprint density at radius 2 is 1.69 bits per heavy atom. The van der Waals surface area contributed by atoms with Crippen LogP contribution in [0.25, 0.3) is 0 Å². The van der Waals surface area contributed by atoms with Gasteiger partial charge in [0, 0.05) is 50.4 Å². The predicted octanol–water partition coefficient (Wildman–Crippen LogP) is 2.32. The summed E-state index contributed by atoms with van der Waals surface area (Å²) in [6.07, 6.45) is 3.74. The summed E-state index contributed by atoms with van der Waals surface area (Å²) in [6.45, 7) is 3.97. The highest BCUT2D eigenvalue weighted by atomic mass is 19.1. The highest BCUT2D eigenvalue weighted by molar-refractivity contribution is 5.95. The zero-order valence-corrected chi connectivity index (χ0v) is 15.0. The molecule has 0 aromatic heterocycles. The average molecular weight is 360 g/mol. The Balaban J connectivity index is 1.57. The van der Waals surface area contributed by atoms with Crippen molar-refractivity contribution in [2.24, 2.45) is 11.3 Å². The number of likely N-dealkylation sites (tertiary alicyclic amines) is 2. The number of hydrogen-bond acceptors (Lipinski definition) is 3. The molecule has 140 valence electrons. The molecule has 3 aliphatic rings. The van der Waals surface area contributed by atoms with Gasteiger partial charge in [0.15, 0.2) is 0 Å². The second-order valence-electron chi connectivity index (χ2n) is 7.75. The van der Waals surface area contributed by atoms with Gasteiger partial charge in [-0.2, -0.15) is 0 Å². The van der Waals surface area contributed by atoms with Crippen LogP contribution in [0.4, 0.5) is 4.39 Å². The number of halogens is 1. The van der Waals surface area contributed by atoms with Gasteiger partial charge in [0.25, 0.3) is 5.91 Å². The van der Waals surface area contributed by atoms with Gasteiger partial charge < -0.3 is 14.5 Å². The molecule has 1 aromatic rings. The van der Waals surface area contributed by atoms with E-state index in [4.69, 9.17) is 4.74 Å². The van der Waals surface area contributed by atoms with Crippen molar-refractivity contribution in [3.63, 3.8) is 0 Å². The minimum Gasteiger partial charge on any atom is -0.381 e. The number of amides is 2. The van der Waals surface area contributed by atoms with Crippen molar-refractivity contribution in [3.8, 4) is 0 Å². The van der Waals surface area contributed by atoms with Gasteiger partial charge in [0.1, 0.15) is 5.82 Å². The smallest absolute Gasteiger partial charge is 0.253 e. The lowest BCUT2D eigenvalue weighted by atomic mass is 9.71. The minimum absolute atomic E-state index is 0.118. The highest BCUT2D eigenvalue weighted by Crippen LogP contribution is 2.45. The van der Waals surface area contributed by atoms with Crippen LogP contribution in [0.3, 0.4) is 0 Å². The van der Waals surface area contributed by atoms with E-state index in [-0.39, 0.29) is 29.0 Å². The van der Waals surface area contributed by atoms with E-state index in [0.29, 0.717) is 31.9 Å². The summed E-state index contributed by atoms with van der Waals surface area (Å²) in [6, 6.07) is 5.65. The number of benzene rings is 1. The van der Waals surface area contributed by atoms with Crippen LogP contribution in [0.5, 0.6) is 0 Å². The SMILES string of the molecule is O=C(c1ccc(F)cc1)N1C[C@H](C(=O)N2CCCC2)C2(CCOCC2)C1. The van der Waals surface area contributed by atoms with Crippen LogP contribution in [-0.2, 0) is 9.53 Å². The Bertz CT molecular complexity index is 679. The average Bonchev–Trinajstić information content (AvgIpc) is 3.31. The van der Waals surface area contributed by atoms with Gasteiger partial charge in [-0.3, -0.25) is 9.59 Å². The van der Waals surface area contributed by atoms with Crippen molar-refractivity contribution in [3.05, 3.63) is 35.6 Å². The molecule has 2 amide bonds. The van der Waals surface area contributed by atoms with Crippen molar-refractivity contribution in [1.82, 2.24) is 9.80 Å². The first-order chi connectivity index (χ1) is 12.6. The third-order valence-electron chi connectivity index (χ3n) is 6.23. The molecule has 1 atom stereocenters. The molecule has 1 spiro atoms. The zero-order valence-electron chi connectivity index (χ0n) is 15.0. The molecule has 5 nitrogen and oxygen atoms in total. The molecule has 26 heavy (non-hydrogen) atoms. The Morgan fingerprint density at radius 3 is 2.35 bits per heavy atom. The molecule has 4 rings (SSSR count). The van der Waals surface area contributed by atoms with E-state index in [1.54, 1.807) is 4.90 Å². The number of nitrogens with zero attached hydrogens (tertiary/aromatic N) is 2. The van der Waals surface area contributed by atoms with Gasteiger partial charge in [0.2, 0.25) is 5.91 Å². The number of carbonyl (C=O) groups excluding carboxylic acids is 2. The van der Waals surface area contributed by atoms with Crippen molar-refractivity contribution >= 4 is 11.8 Å². The first-order valence-electron chi connectivity index (χ1n) is 9.50. The van der Waals surface area contributed by atoms with Gasteiger partial charge in [-0.1, -0.05) is 0 Å². The van der Waals surface area contributed by atoms with E-state index in [0.717, 1.165) is 38.8 Å². The second kappa shape index (κ2) is 6.99. The number of hydrogen-bond donors (Lipinski definition) is 0. The number of carbonyl (C=O) groups is 2. The van der Waals surface area contributed by atoms with E-state index in [1.165, 1.54) is 24.3 Å². The molecule has 0 aliphatic carbocycles. The van der Waals surface area contributed by atoms with Crippen LogP contribution in [0.15, 0.2) is 24.3 Å². The van der Waals surface area contributed by atoms with Gasteiger partial charge in [0.05, 0.1) is 5.92 Å². The molecule has 0 unspecified atom stereocenters. The Kier molecular flexibility index (Phi) is 4.69. The number of rotatable bonds is 2. The van der Waals surface area contributed by atoms with Crippen molar-refractivity contribution in [2.45, 2.75) is 25.7 Å². The highest BCUT2D eigenvalue weighted by Gasteiger charge is 2.52. The van der Waals surface area contributed by atoms with Crippen LogP contribution < -0.4 is 0 Å². The fourth-order valence-corrected chi connectivity index (χ4v) is 4.68. The van der Waals surface area contributed by atoms with Crippen molar-refractivity contribution < 1.29 is 18.7 Å². The first kappa shape index (κ1) is 17.5. The molecule has 1 aromatic carbocycles. The molecule has 6 heteroatoms. The maximum absolute atomic E-state index is 13.2. The topological polar surface area (TPSA) is 49.9 Å². The summed E-state index contributed by atoms with van der Waals surface area (Å²) in [5.41, 5.74) is 0.288. The lowest BCUT2D eigenvalue weighted by molar-refractivity contribution is -0.139. The van der Waals surface area contributed by atoms with E-state index in [9.17, 15) is 14.0 Å². The Hall–Kier alpha value is -1.95. The van der Waals surface area contributed by atoms with Crippen LogP contribution in [0, 0.1) is 17.2 Å². The second-order valence-corrected chi connectivity index (χ2v) is 7.75. The zero-order chi connectivity index (χ0) is 18.1. The lowest BCUT2D eigenvalue weighted by Gasteiger charge is -2.38. The molecule has 0 N–H and O–H groups in total. The van der Waals surface area contributed by atoms with Crippen LogP contribution in [0.2, 0.25) is 0 Å². The van der Waals surface area contributed by atoms with Crippen molar-refractivity contribution in [1.29, 1.82) is 0 Å². The van der Waals surface area contributed by atoms with E-state index < -0.39 is 0 Å². The van der Waals surface area contributed by atoms with Gasteiger partial charge >= 0.3 is 0 Å². The predicted molar refractivity (Wildman–Crippen MR) is 94.1 cm³/mol. The van der Waals surface area contributed by atoms with Crippen LogP contribution in [-0.4, -0.2) is 61.0 Å². The minimum atomic E-state index is -0.356. The third-order valence-corrected chi connectivity index (χ3v) is 6.23. The Labute approximate surface area is 153 Å². The van der Waals surface area contributed by atoms with Crippen LogP contribution in [0.1, 0.15) is 36.0 Å². The lowest BCUT2D eigenvalue weighted by Crippen LogP contribution is -2.45. The fourth-order valence-electron chi connectivity index (χ4n) is 4.68. The summed E-state index contributed by atoms with van der Waals surface area (Å²) >= 11 is 0. The van der Waals surface area contributed by atoms with Gasteiger partial charge in [-0.15, -0.1) is 0 Å². The van der Waals surface area contributed by atoms with Crippen LogP contribution >= 0.6 is 0 Å². The standard InChI is InChI=1S/C20H25FN2O3/c21-16-5-3-15(4-6-16)18(24)23-13-17(19(25)22-9-1-2-10-22)20(14-23)7-11-26-12-8-20/h3-6,17H,1-2,7-14H2/t17-/m1/s1.